The maximum absolute atomic E-state index is 4.62. The van der Waals surface area contributed by atoms with Gasteiger partial charge in [-0.1, -0.05) is 12.1 Å². The predicted octanol–water partition coefficient (Wildman–Crippen LogP) is 2.46. The maximum atomic E-state index is 4.62. The van der Waals surface area contributed by atoms with Crippen molar-refractivity contribution in [2.75, 3.05) is 13.1 Å². The minimum Gasteiger partial charge on any atom is -0.327 e. The summed E-state index contributed by atoms with van der Waals surface area (Å²) in [4.78, 5) is 4.62. The lowest BCUT2D eigenvalue weighted by Crippen LogP contribution is -2.35. The Balaban J connectivity index is 1.53. The number of hydrogen-bond donors (Lipinski definition) is 2. The average molecular weight is 286 g/mol. The quantitative estimate of drug-likeness (QED) is 0.857. The number of fused-ring (bicyclic) bond motifs is 1. The minimum absolute atomic E-state index is 0.565. The van der Waals surface area contributed by atoms with Crippen LogP contribution in [0.5, 0.6) is 0 Å². The Morgan fingerprint density at radius 2 is 2.29 bits per heavy atom. The molecule has 2 N–H and O–H groups in total. The molecule has 0 saturated carbocycles. The van der Waals surface area contributed by atoms with Gasteiger partial charge in [0.2, 0.25) is 0 Å². The molecule has 2 atom stereocenters. The van der Waals surface area contributed by atoms with Crippen molar-refractivity contribution in [2.45, 2.75) is 51.7 Å². The monoisotopic (exact) mass is 286 g/mol. The molecular formula is C17H26N4. The molecule has 1 aliphatic heterocycles. The van der Waals surface area contributed by atoms with Gasteiger partial charge in [-0.3, -0.25) is 0 Å². The summed E-state index contributed by atoms with van der Waals surface area (Å²) >= 11 is 0. The fourth-order valence-corrected chi connectivity index (χ4v) is 3.37. The van der Waals surface area contributed by atoms with Crippen LogP contribution >= 0.6 is 0 Å². The van der Waals surface area contributed by atoms with Crippen LogP contribution in [0.3, 0.4) is 0 Å². The fraction of sp³-hybridized carbons (Fsp3) is 0.588. The number of para-hydroxylation sites is 2. The van der Waals surface area contributed by atoms with Crippen LogP contribution < -0.4 is 10.6 Å². The molecule has 0 amide bonds. The molecule has 0 bridgehead atoms. The highest BCUT2D eigenvalue weighted by Gasteiger charge is 2.16. The van der Waals surface area contributed by atoms with E-state index in [2.05, 4.69) is 52.2 Å². The largest absolute Gasteiger partial charge is 0.327 e. The molecule has 2 heterocycles. The van der Waals surface area contributed by atoms with Crippen molar-refractivity contribution in [1.82, 2.24) is 20.2 Å². The predicted molar refractivity (Wildman–Crippen MR) is 87.6 cm³/mol. The lowest BCUT2D eigenvalue weighted by Gasteiger charge is -2.18. The Hall–Kier alpha value is -1.39. The van der Waals surface area contributed by atoms with Crippen LogP contribution in [-0.4, -0.2) is 34.7 Å². The Labute approximate surface area is 126 Å². The van der Waals surface area contributed by atoms with E-state index >= 15 is 0 Å². The number of imidazole rings is 1. The van der Waals surface area contributed by atoms with E-state index < -0.39 is 0 Å². The number of aryl methyl sites for hydroxylation is 1. The smallest absolute Gasteiger partial charge is 0.106 e. The Bertz CT molecular complexity index is 583. The molecule has 2 aromatic rings. The van der Waals surface area contributed by atoms with Gasteiger partial charge in [0, 0.05) is 25.2 Å². The first kappa shape index (κ1) is 14.5. The van der Waals surface area contributed by atoms with E-state index in [1.54, 1.807) is 0 Å². The SMILES string of the molecule is Cc1nc2ccccc2n1CCNC(C)CC1CCCN1. The highest BCUT2D eigenvalue weighted by molar-refractivity contribution is 5.75. The van der Waals surface area contributed by atoms with Crippen LogP contribution in [0, 0.1) is 6.92 Å². The van der Waals surface area contributed by atoms with Crippen LogP contribution in [0.4, 0.5) is 0 Å². The highest BCUT2D eigenvalue weighted by Crippen LogP contribution is 2.15. The van der Waals surface area contributed by atoms with E-state index in [1.807, 2.05) is 6.07 Å². The topological polar surface area (TPSA) is 41.9 Å². The molecular weight excluding hydrogens is 260 g/mol. The fourth-order valence-electron chi connectivity index (χ4n) is 3.37. The summed E-state index contributed by atoms with van der Waals surface area (Å²) in [5.74, 6) is 1.10. The van der Waals surface area contributed by atoms with Gasteiger partial charge in [-0.2, -0.15) is 0 Å². The number of nitrogens with zero attached hydrogens (tertiary/aromatic N) is 2. The first-order valence-corrected chi connectivity index (χ1v) is 8.12. The summed E-state index contributed by atoms with van der Waals surface area (Å²) in [6, 6.07) is 9.65. The molecule has 0 aliphatic carbocycles. The third-order valence-corrected chi connectivity index (χ3v) is 4.47. The van der Waals surface area contributed by atoms with Gasteiger partial charge in [0.1, 0.15) is 5.82 Å². The van der Waals surface area contributed by atoms with E-state index in [-0.39, 0.29) is 0 Å². The number of nitrogens with one attached hydrogen (secondary N) is 2. The molecule has 0 radical (unpaired) electrons. The zero-order valence-electron chi connectivity index (χ0n) is 13.1. The molecule has 1 aromatic carbocycles. The summed E-state index contributed by atoms with van der Waals surface area (Å²) in [5.41, 5.74) is 2.33. The minimum atomic E-state index is 0.565. The van der Waals surface area contributed by atoms with Gasteiger partial charge < -0.3 is 15.2 Å². The number of rotatable bonds is 6. The van der Waals surface area contributed by atoms with Gasteiger partial charge in [-0.05, 0) is 51.8 Å². The molecule has 1 saturated heterocycles. The zero-order chi connectivity index (χ0) is 14.7. The second-order valence-electron chi connectivity index (χ2n) is 6.18. The van der Waals surface area contributed by atoms with Crippen molar-refractivity contribution in [3.63, 3.8) is 0 Å². The number of benzene rings is 1. The van der Waals surface area contributed by atoms with Gasteiger partial charge in [0.15, 0.2) is 0 Å². The molecule has 1 aliphatic rings. The average Bonchev–Trinajstić information content (AvgIpc) is 3.07. The second-order valence-corrected chi connectivity index (χ2v) is 6.18. The Morgan fingerprint density at radius 3 is 3.10 bits per heavy atom. The molecule has 1 fully saturated rings. The van der Waals surface area contributed by atoms with Crippen molar-refractivity contribution in [2.24, 2.45) is 0 Å². The standard InChI is InChI=1S/C17H26N4/c1-13(12-15-6-5-9-19-15)18-10-11-21-14(2)20-16-7-3-4-8-17(16)21/h3-4,7-8,13,15,18-19H,5-6,9-12H2,1-2H3. The van der Waals surface area contributed by atoms with Crippen LogP contribution in [0.25, 0.3) is 11.0 Å². The molecule has 1 aromatic heterocycles. The molecule has 0 spiro atoms. The van der Waals surface area contributed by atoms with Gasteiger partial charge >= 0.3 is 0 Å². The first-order chi connectivity index (χ1) is 10.2. The summed E-state index contributed by atoms with van der Waals surface area (Å²) in [6.07, 6.45) is 3.89. The van der Waals surface area contributed by atoms with Gasteiger partial charge in [-0.25, -0.2) is 4.98 Å². The third kappa shape index (κ3) is 3.44. The van der Waals surface area contributed by atoms with Gasteiger partial charge in [0.25, 0.3) is 0 Å². The first-order valence-electron chi connectivity index (χ1n) is 8.12. The summed E-state index contributed by atoms with van der Waals surface area (Å²) < 4.78 is 2.31. The molecule has 3 rings (SSSR count). The van der Waals surface area contributed by atoms with Crippen LogP contribution in [0.2, 0.25) is 0 Å². The van der Waals surface area contributed by atoms with Gasteiger partial charge in [0.05, 0.1) is 11.0 Å². The summed E-state index contributed by atoms with van der Waals surface area (Å²) in [5, 5.41) is 7.22. The van der Waals surface area contributed by atoms with Crippen molar-refractivity contribution >= 4 is 11.0 Å². The molecule has 21 heavy (non-hydrogen) atoms. The van der Waals surface area contributed by atoms with E-state index in [4.69, 9.17) is 0 Å². The van der Waals surface area contributed by atoms with Crippen LogP contribution in [0.1, 0.15) is 32.0 Å². The van der Waals surface area contributed by atoms with Crippen molar-refractivity contribution in [3.8, 4) is 0 Å². The molecule has 2 unspecified atom stereocenters. The lowest BCUT2D eigenvalue weighted by molar-refractivity contribution is 0.431. The van der Waals surface area contributed by atoms with Crippen molar-refractivity contribution in [1.29, 1.82) is 0 Å². The van der Waals surface area contributed by atoms with Crippen molar-refractivity contribution in [3.05, 3.63) is 30.1 Å². The van der Waals surface area contributed by atoms with Crippen LogP contribution in [0.15, 0.2) is 24.3 Å². The summed E-state index contributed by atoms with van der Waals surface area (Å²) in [7, 11) is 0. The Kier molecular flexibility index (Phi) is 4.56. The van der Waals surface area contributed by atoms with E-state index in [1.165, 1.54) is 31.3 Å². The second kappa shape index (κ2) is 6.58. The molecule has 4 heteroatoms. The van der Waals surface area contributed by atoms with Crippen LogP contribution in [-0.2, 0) is 6.54 Å². The highest BCUT2D eigenvalue weighted by atomic mass is 15.1. The number of hydrogen-bond acceptors (Lipinski definition) is 3. The van der Waals surface area contributed by atoms with Gasteiger partial charge in [-0.15, -0.1) is 0 Å². The molecule has 4 nitrogen and oxygen atoms in total. The Morgan fingerprint density at radius 1 is 1.43 bits per heavy atom. The molecule has 114 valence electrons. The lowest BCUT2D eigenvalue weighted by atomic mass is 10.1. The zero-order valence-corrected chi connectivity index (χ0v) is 13.1. The number of aromatic nitrogens is 2. The maximum Gasteiger partial charge on any atom is 0.106 e. The van der Waals surface area contributed by atoms with E-state index in [0.717, 1.165) is 24.4 Å². The van der Waals surface area contributed by atoms with E-state index in [9.17, 15) is 0 Å². The van der Waals surface area contributed by atoms with Crippen molar-refractivity contribution < 1.29 is 0 Å². The third-order valence-electron chi connectivity index (χ3n) is 4.47. The summed E-state index contributed by atoms with van der Waals surface area (Å²) in [6.45, 7) is 7.55. The normalized spacial score (nSPS) is 20.2. The van der Waals surface area contributed by atoms with E-state index in [0.29, 0.717) is 12.1 Å².